The molecule has 3 aromatic rings. The number of methoxy groups -OCH3 is 1. The molecule has 98 valence electrons. The van der Waals surface area contributed by atoms with Gasteiger partial charge in [-0.05, 0) is 12.1 Å². The predicted octanol–water partition coefficient (Wildman–Crippen LogP) is 1.72. The Bertz CT molecular complexity index is 667. The highest BCUT2D eigenvalue weighted by molar-refractivity contribution is 5.82. The maximum atomic E-state index is 5.92. The van der Waals surface area contributed by atoms with Crippen LogP contribution in [0.25, 0.3) is 22.4 Å². The molecule has 3 rings (SSSR count). The zero-order valence-corrected chi connectivity index (χ0v) is 10.6. The third kappa shape index (κ3) is 2.06. The molecule has 0 spiro atoms. The van der Waals surface area contributed by atoms with E-state index in [9.17, 15) is 0 Å². The Labute approximate surface area is 110 Å². The van der Waals surface area contributed by atoms with Crippen molar-refractivity contribution in [2.45, 2.75) is 6.42 Å². The largest absolute Gasteiger partial charge is 0.384 e. The van der Waals surface area contributed by atoms with Crippen LogP contribution in [0.2, 0.25) is 0 Å². The van der Waals surface area contributed by atoms with Crippen LogP contribution in [-0.4, -0.2) is 33.9 Å². The van der Waals surface area contributed by atoms with E-state index < -0.39 is 0 Å². The van der Waals surface area contributed by atoms with Crippen molar-refractivity contribution < 1.29 is 4.74 Å². The van der Waals surface area contributed by atoms with Crippen LogP contribution < -0.4 is 5.73 Å². The molecule has 0 aliphatic carbocycles. The van der Waals surface area contributed by atoms with E-state index in [-0.39, 0.29) is 0 Å². The van der Waals surface area contributed by atoms with Crippen molar-refractivity contribution in [1.29, 1.82) is 0 Å². The summed E-state index contributed by atoms with van der Waals surface area (Å²) in [6, 6.07) is 7.86. The first-order valence-electron chi connectivity index (χ1n) is 6.06. The van der Waals surface area contributed by atoms with Gasteiger partial charge >= 0.3 is 0 Å². The lowest BCUT2D eigenvalue weighted by Crippen LogP contribution is -1.98. The molecule has 0 amide bonds. The lowest BCUT2D eigenvalue weighted by molar-refractivity contribution is 0.201. The van der Waals surface area contributed by atoms with Gasteiger partial charge in [0.2, 0.25) is 0 Å². The molecule has 6 heteroatoms. The Hall–Kier alpha value is -2.34. The fourth-order valence-corrected chi connectivity index (χ4v) is 2.11. The van der Waals surface area contributed by atoms with Gasteiger partial charge in [-0.25, -0.2) is 4.98 Å². The molecule has 2 heterocycles. The Balaban J connectivity index is 2.07. The molecule has 0 aliphatic heterocycles. The lowest BCUT2D eigenvalue weighted by Gasteiger charge is -2.00. The molecule has 19 heavy (non-hydrogen) atoms. The number of nitrogen functional groups attached to an aromatic ring is 1. The molecule has 0 aliphatic rings. The maximum Gasteiger partial charge on any atom is 0.156 e. The van der Waals surface area contributed by atoms with E-state index in [0.717, 1.165) is 28.1 Å². The second kappa shape index (κ2) is 4.74. The van der Waals surface area contributed by atoms with Crippen molar-refractivity contribution in [3.05, 3.63) is 30.0 Å². The van der Waals surface area contributed by atoms with Crippen LogP contribution >= 0.6 is 0 Å². The molecule has 0 saturated heterocycles. The van der Waals surface area contributed by atoms with Crippen molar-refractivity contribution in [2.24, 2.45) is 0 Å². The first-order chi connectivity index (χ1) is 9.29. The molecular weight excluding hydrogens is 242 g/mol. The summed E-state index contributed by atoms with van der Waals surface area (Å²) >= 11 is 0. The summed E-state index contributed by atoms with van der Waals surface area (Å²) in [6.45, 7) is 0.606. The predicted molar refractivity (Wildman–Crippen MR) is 73.7 cm³/mol. The summed E-state index contributed by atoms with van der Waals surface area (Å²) in [5.41, 5.74) is 9.57. The molecule has 0 fully saturated rings. The molecule has 4 N–H and O–H groups in total. The molecule has 1 aromatic carbocycles. The highest BCUT2D eigenvalue weighted by atomic mass is 16.5. The monoisotopic (exact) mass is 257 g/mol. The Morgan fingerprint density at radius 1 is 1.32 bits per heavy atom. The van der Waals surface area contributed by atoms with E-state index >= 15 is 0 Å². The van der Waals surface area contributed by atoms with Gasteiger partial charge in [0.25, 0.3) is 0 Å². The maximum absolute atomic E-state index is 5.92. The minimum absolute atomic E-state index is 0.449. The molecule has 0 radical (unpaired) electrons. The summed E-state index contributed by atoms with van der Waals surface area (Å²) in [5.74, 6) is 1.18. The van der Waals surface area contributed by atoms with Gasteiger partial charge in [-0.15, -0.1) is 0 Å². The summed E-state index contributed by atoms with van der Waals surface area (Å²) in [7, 11) is 1.67. The van der Waals surface area contributed by atoms with E-state index in [1.54, 1.807) is 7.11 Å². The minimum atomic E-state index is 0.449. The number of aromatic amines is 2. The van der Waals surface area contributed by atoms with Crippen molar-refractivity contribution in [3.8, 4) is 11.4 Å². The number of hydrogen-bond acceptors (Lipinski definition) is 4. The number of rotatable bonds is 4. The van der Waals surface area contributed by atoms with Gasteiger partial charge in [-0.3, -0.25) is 5.10 Å². The van der Waals surface area contributed by atoms with Gasteiger partial charge in [0.15, 0.2) is 5.82 Å². The number of anilines is 1. The summed E-state index contributed by atoms with van der Waals surface area (Å²) in [5, 5.41) is 6.99. The number of aromatic nitrogens is 4. The molecule has 0 atom stereocenters. The third-order valence-corrected chi connectivity index (χ3v) is 3.05. The number of imidazole rings is 1. The highest BCUT2D eigenvalue weighted by Gasteiger charge is 2.16. The zero-order chi connectivity index (χ0) is 13.2. The number of H-pyrrole nitrogens is 2. The normalized spacial score (nSPS) is 11.2. The number of nitrogens with one attached hydrogen (secondary N) is 2. The SMILES string of the molecule is COCCc1[nH]nc(N)c1-c1nc2ccccc2[nH]1. The molecule has 0 bridgehead atoms. The summed E-state index contributed by atoms with van der Waals surface area (Å²) in [6.07, 6.45) is 0.715. The number of ether oxygens (including phenoxy) is 1. The Morgan fingerprint density at radius 3 is 2.95 bits per heavy atom. The topological polar surface area (TPSA) is 92.6 Å². The van der Waals surface area contributed by atoms with Gasteiger partial charge in [0.1, 0.15) is 5.82 Å². The number of benzene rings is 1. The molecular formula is C13H15N5O. The minimum Gasteiger partial charge on any atom is -0.384 e. The number of para-hydroxylation sites is 2. The van der Waals surface area contributed by atoms with Crippen LogP contribution in [0.3, 0.4) is 0 Å². The molecule has 2 aromatic heterocycles. The number of nitrogens with zero attached hydrogens (tertiary/aromatic N) is 2. The zero-order valence-electron chi connectivity index (χ0n) is 10.6. The van der Waals surface area contributed by atoms with Crippen molar-refractivity contribution in [3.63, 3.8) is 0 Å². The third-order valence-electron chi connectivity index (χ3n) is 3.05. The Kier molecular flexibility index (Phi) is 2.92. The van der Waals surface area contributed by atoms with Gasteiger partial charge < -0.3 is 15.5 Å². The molecule has 6 nitrogen and oxygen atoms in total. The van der Waals surface area contributed by atoms with Gasteiger partial charge in [-0.1, -0.05) is 12.1 Å². The fourth-order valence-electron chi connectivity index (χ4n) is 2.11. The number of fused-ring (bicyclic) bond motifs is 1. The molecule has 0 saturated carbocycles. The Morgan fingerprint density at radius 2 is 2.16 bits per heavy atom. The van der Waals surface area contributed by atoms with Crippen molar-refractivity contribution >= 4 is 16.9 Å². The van der Waals surface area contributed by atoms with Crippen LogP contribution in [0.4, 0.5) is 5.82 Å². The number of hydrogen-bond donors (Lipinski definition) is 3. The van der Waals surface area contributed by atoms with Crippen molar-refractivity contribution in [1.82, 2.24) is 20.2 Å². The second-order valence-electron chi connectivity index (χ2n) is 4.31. The van der Waals surface area contributed by atoms with E-state index in [1.807, 2.05) is 24.3 Å². The van der Waals surface area contributed by atoms with E-state index in [4.69, 9.17) is 10.5 Å². The van der Waals surface area contributed by atoms with Crippen LogP contribution in [0, 0.1) is 0 Å². The fraction of sp³-hybridized carbons (Fsp3) is 0.231. The van der Waals surface area contributed by atoms with Crippen LogP contribution in [-0.2, 0) is 11.2 Å². The highest BCUT2D eigenvalue weighted by Crippen LogP contribution is 2.27. The van der Waals surface area contributed by atoms with Gasteiger partial charge in [0, 0.05) is 13.5 Å². The van der Waals surface area contributed by atoms with E-state index in [2.05, 4.69) is 20.2 Å². The van der Waals surface area contributed by atoms with E-state index in [0.29, 0.717) is 18.8 Å². The van der Waals surface area contributed by atoms with Crippen LogP contribution in [0.5, 0.6) is 0 Å². The second-order valence-corrected chi connectivity index (χ2v) is 4.31. The lowest BCUT2D eigenvalue weighted by atomic mass is 10.2. The first kappa shape index (κ1) is 11.7. The van der Waals surface area contributed by atoms with Crippen LogP contribution in [0.1, 0.15) is 5.69 Å². The van der Waals surface area contributed by atoms with Gasteiger partial charge in [0.05, 0.1) is 28.9 Å². The summed E-state index contributed by atoms with van der Waals surface area (Å²) in [4.78, 5) is 7.81. The van der Waals surface area contributed by atoms with E-state index in [1.165, 1.54) is 0 Å². The molecule has 0 unspecified atom stereocenters. The van der Waals surface area contributed by atoms with Gasteiger partial charge in [-0.2, -0.15) is 5.10 Å². The standard InChI is InChI=1S/C13H15N5O/c1-19-7-6-10-11(12(14)18-17-10)13-15-8-4-2-3-5-9(8)16-13/h2-5H,6-7H2,1H3,(H,15,16)(H3,14,17,18). The average molecular weight is 257 g/mol. The summed E-state index contributed by atoms with van der Waals surface area (Å²) < 4.78 is 5.09. The van der Waals surface area contributed by atoms with Crippen LogP contribution in [0.15, 0.2) is 24.3 Å². The quantitative estimate of drug-likeness (QED) is 0.663. The number of nitrogens with two attached hydrogens (primary N) is 1. The average Bonchev–Trinajstić information content (AvgIpc) is 2.99. The first-order valence-corrected chi connectivity index (χ1v) is 6.06. The van der Waals surface area contributed by atoms with Crippen molar-refractivity contribution in [2.75, 3.05) is 19.5 Å². The smallest absolute Gasteiger partial charge is 0.156 e.